The van der Waals surface area contributed by atoms with E-state index >= 15 is 0 Å². The average Bonchev–Trinajstić information content (AvgIpc) is 0.783. The number of anilines is 2. The number of aromatic nitrogens is 3. The Morgan fingerprint density at radius 2 is 0.765 bits per heavy atom. The van der Waals surface area contributed by atoms with Crippen molar-refractivity contribution in [2.75, 3.05) is 195 Å². The van der Waals surface area contributed by atoms with E-state index in [1.54, 1.807) is 6.07 Å². The van der Waals surface area contributed by atoms with E-state index in [1.807, 2.05) is 121 Å². The number of carbonyl (C=O) groups excluding carboxylic acids is 1. The Kier molecular flexibility index (Phi) is 37.0. The Hall–Kier alpha value is -7.51. The highest BCUT2D eigenvalue weighted by Crippen LogP contribution is 2.40. The first kappa shape index (κ1) is 92.2. The van der Waals surface area contributed by atoms with Crippen molar-refractivity contribution in [3.63, 3.8) is 0 Å². The maximum absolute atomic E-state index is 13.8. The maximum atomic E-state index is 13.8. The van der Waals surface area contributed by atoms with E-state index in [-0.39, 0.29) is 87.0 Å². The molecule has 2 aromatic heterocycles. The van der Waals surface area contributed by atoms with Crippen molar-refractivity contribution in [2.45, 2.75) is 60.0 Å². The molecular formula is C85H99Cl4F3N8O17S2. The molecule has 1 amide bonds. The molecule has 2 aliphatic rings. The van der Waals surface area contributed by atoms with E-state index in [2.05, 4.69) is 38.1 Å². The Bertz CT molecular complexity index is 4730. The topological polar surface area (TPSA) is 277 Å². The van der Waals surface area contributed by atoms with Crippen LogP contribution in [0.4, 0.5) is 24.7 Å². The monoisotopic (exact) mass is 1760 g/mol. The number of carbonyl (C=O) groups is 1. The van der Waals surface area contributed by atoms with Gasteiger partial charge in [-0.25, -0.2) is 31.8 Å². The summed E-state index contributed by atoms with van der Waals surface area (Å²) in [7, 11) is -9.27. The molecule has 0 bridgehead atoms. The summed E-state index contributed by atoms with van der Waals surface area (Å²) >= 11 is 25.1. The summed E-state index contributed by atoms with van der Waals surface area (Å²) in [6.07, 6.45) is 2.93. The van der Waals surface area contributed by atoms with Crippen LogP contribution in [0.2, 0.25) is 20.1 Å². The molecule has 642 valence electrons. The van der Waals surface area contributed by atoms with E-state index < -0.39 is 25.6 Å². The number of pyridine rings is 1. The molecule has 34 heteroatoms. The number of benzene rings is 7. The fourth-order valence-electron chi connectivity index (χ4n) is 13.5. The maximum Gasteiger partial charge on any atom is 0.511 e. The van der Waals surface area contributed by atoms with Crippen LogP contribution >= 0.6 is 46.4 Å². The number of fused-ring (bicyclic) bond motifs is 2. The van der Waals surface area contributed by atoms with Gasteiger partial charge in [0.15, 0.2) is 0 Å². The number of ether oxygens (including phenoxy) is 12. The van der Waals surface area contributed by atoms with Gasteiger partial charge in [-0.15, -0.1) is 0 Å². The molecule has 9 aromatic rings. The van der Waals surface area contributed by atoms with Crippen molar-refractivity contribution in [3.05, 3.63) is 229 Å². The minimum absolute atomic E-state index is 0.0368. The first-order valence-electron chi connectivity index (χ1n) is 39.4. The van der Waals surface area contributed by atoms with Gasteiger partial charge in [0.2, 0.25) is 15.9 Å². The molecule has 4 heterocycles. The summed E-state index contributed by atoms with van der Waals surface area (Å²) < 4.78 is 162. The molecule has 2 fully saturated rings. The van der Waals surface area contributed by atoms with Gasteiger partial charge in [0, 0.05) is 105 Å². The zero-order chi connectivity index (χ0) is 83.7. The number of nitrogens with one attached hydrogen (secondary N) is 3. The first-order valence-corrected chi connectivity index (χ1v) is 43.8. The summed E-state index contributed by atoms with van der Waals surface area (Å²) in [6.45, 7) is 8.71. The minimum atomic E-state index is -5.45. The third-order valence-electron chi connectivity index (χ3n) is 19.7. The predicted octanol–water partition coefficient (Wildman–Crippen LogP) is 14.1. The van der Waals surface area contributed by atoms with Gasteiger partial charge in [0.25, 0.3) is 5.91 Å². The molecular weight excluding hydrogens is 1670 g/mol. The number of halogens is 7. The number of hydrogen-bond acceptors (Lipinski definition) is 22. The van der Waals surface area contributed by atoms with Crippen molar-refractivity contribution >= 4 is 106 Å². The Labute approximate surface area is 712 Å². The van der Waals surface area contributed by atoms with Gasteiger partial charge < -0.3 is 72.8 Å². The van der Waals surface area contributed by atoms with E-state index in [4.69, 9.17) is 108 Å². The molecule has 119 heavy (non-hydrogen) atoms. The Morgan fingerprint density at radius 3 is 1.17 bits per heavy atom. The van der Waals surface area contributed by atoms with Gasteiger partial charge in [-0.3, -0.25) is 4.79 Å². The standard InChI is InChI=1S/C85H99Cl4F3N8O17S2/c86-68-13-1-61(2-14-68)81(62-3-15-69(87)16-4-62)66-12-24-78-75(57-66)79(96-72-27-32-100(33-28-72)119(104,105)85(90,91)92)59-80(98-78)117-56-55-116-54-53-115-52-51-114-50-49-113-48-47-112-46-45-111-44-43-110-42-41-109-40-39-108-38-37-107-36-35-106-34-29-93-84(101)65-9-21-74(22-10-65)118(102,103)99-30-25-73(26-31-99)97-83-76-58-67(11-23-77(76)94-60-95-83)82(63-5-17-70(88)18-6-63)64-7-19-71(89)20-8-64/h1-24,57-60,72-73,81-82H,25-56H2,(H,93,101)(H,96,98)(H,94,95,97). The normalized spacial score (nSPS) is 14.3. The average molecular weight is 1770 g/mol. The molecule has 0 spiro atoms. The second-order valence-electron chi connectivity index (χ2n) is 27.8. The third-order valence-corrected chi connectivity index (χ3v) is 24.2. The van der Waals surface area contributed by atoms with Crippen molar-refractivity contribution in [1.29, 1.82) is 0 Å². The molecule has 0 unspecified atom stereocenters. The zero-order valence-electron chi connectivity index (χ0n) is 65.7. The summed E-state index contributed by atoms with van der Waals surface area (Å²) in [4.78, 5) is 27.0. The molecule has 3 N–H and O–H groups in total. The van der Waals surface area contributed by atoms with Gasteiger partial charge >= 0.3 is 15.5 Å². The van der Waals surface area contributed by atoms with Gasteiger partial charge in [-0.1, -0.05) is 107 Å². The van der Waals surface area contributed by atoms with E-state index in [0.29, 0.717) is 211 Å². The molecule has 0 radical (unpaired) electrons. The molecule has 2 saturated heterocycles. The number of piperidine rings is 2. The lowest BCUT2D eigenvalue weighted by molar-refractivity contribution is -0.0494. The minimum Gasteiger partial charge on any atom is -0.475 e. The summed E-state index contributed by atoms with van der Waals surface area (Å²) in [5.41, 5.74) is 2.99. The number of alkyl halides is 3. The lowest BCUT2D eigenvalue weighted by Gasteiger charge is -2.32. The molecule has 7 aromatic carbocycles. The number of amides is 1. The van der Waals surface area contributed by atoms with Crippen LogP contribution in [-0.2, 0) is 72.2 Å². The van der Waals surface area contributed by atoms with Gasteiger partial charge in [-0.05, 0) is 156 Å². The zero-order valence-corrected chi connectivity index (χ0v) is 70.4. The molecule has 0 saturated carbocycles. The van der Waals surface area contributed by atoms with Crippen LogP contribution < -0.4 is 20.7 Å². The van der Waals surface area contributed by atoms with E-state index in [9.17, 15) is 34.8 Å². The summed E-state index contributed by atoms with van der Waals surface area (Å²) in [5.74, 6) is 0.279. The Balaban J connectivity index is 0.447. The van der Waals surface area contributed by atoms with Crippen molar-refractivity contribution in [1.82, 2.24) is 28.9 Å². The largest absolute Gasteiger partial charge is 0.511 e. The summed E-state index contributed by atoms with van der Waals surface area (Å²) in [5, 5.41) is 13.9. The highest BCUT2D eigenvalue weighted by molar-refractivity contribution is 7.90. The van der Waals surface area contributed by atoms with Crippen LogP contribution in [0.1, 0.15) is 81.3 Å². The van der Waals surface area contributed by atoms with Crippen LogP contribution in [0, 0.1) is 0 Å². The Morgan fingerprint density at radius 1 is 0.412 bits per heavy atom. The van der Waals surface area contributed by atoms with Crippen LogP contribution in [0.3, 0.4) is 0 Å². The van der Waals surface area contributed by atoms with Gasteiger partial charge in [-0.2, -0.15) is 21.8 Å². The van der Waals surface area contributed by atoms with Gasteiger partial charge in [0.05, 0.1) is 161 Å². The lowest BCUT2D eigenvalue weighted by atomic mass is 9.84. The van der Waals surface area contributed by atoms with Crippen molar-refractivity contribution in [3.8, 4) is 5.88 Å². The first-order chi connectivity index (χ1) is 57.8. The fourth-order valence-corrected chi connectivity index (χ4v) is 16.5. The number of nitrogens with zero attached hydrogens (tertiary/aromatic N) is 5. The van der Waals surface area contributed by atoms with Crippen LogP contribution in [-0.4, -0.2) is 249 Å². The molecule has 0 aliphatic carbocycles. The number of rotatable bonds is 51. The van der Waals surface area contributed by atoms with Crippen molar-refractivity contribution in [2.24, 2.45) is 0 Å². The number of hydrogen-bond donors (Lipinski definition) is 3. The predicted molar refractivity (Wildman–Crippen MR) is 451 cm³/mol. The molecule has 0 atom stereocenters. The SMILES string of the molecule is O=C(NCCOCCOCCOCCOCCOCCOCCOCCOCCOCCOCCOCCOc1cc(NC2CCN(S(=O)(=O)C(F)(F)F)CC2)c2cc(C(c3ccc(Cl)cc3)c3ccc(Cl)cc3)ccc2n1)c1ccc(S(=O)(=O)N2CCC(Nc3ncnc4ccc(C(c5ccc(Cl)cc5)c5ccc(Cl)cc5)cc34)CC2)cc1. The molecule has 25 nitrogen and oxygen atoms in total. The lowest BCUT2D eigenvalue weighted by Crippen LogP contribution is -2.47. The van der Waals surface area contributed by atoms with Gasteiger partial charge in [0.1, 0.15) is 18.8 Å². The molecule has 11 rings (SSSR count). The number of sulfonamides is 2. The van der Waals surface area contributed by atoms with E-state index in [1.165, 1.54) is 34.9 Å². The van der Waals surface area contributed by atoms with Crippen molar-refractivity contribution < 1.29 is 91.6 Å². The second-order valence-corrected chi connectivity index (χ2v) is 33.4. The second kappa shape index (κ2) is 47.8. The fraction of sp³-hybridized carbons (Fsp3) is 0.435. The highest BCUT2D eigenvalue weighted by atomic mass is 35.5. The van der Waals surface area contributed by atoms with E-state index in [0.717, 1.165) is 49.7 Å². The quantitative estimate of drug-likeness (QED) is 0.0236. The smallest absolute Gasteiger partial charge is 0.475 e. The highest BCUT2D eigenvalue weighted by Gasteiger charge is 2.50. The summed E-state index contributed by atoms with van der Waals surface area (Å²) in [6, 6.07) is 50.1. The molecule has 2 aliphatic heterocycles. The van der Waals surface area contributed by atoms with Crippen LogP contribution in [0.25, 0.3) is 21.8 Å². The van der Waals surface area contributed by atoms with Crippen LogP contribution in [0.15, 0.2) is 175 Å². The van der Waals surface area contributed by atoms with Crippen LogP contribution in [0.5, 0.6) is 5.88 Å². The third kappa shape index (κ3) is 28.5.